The smallest absolute Gasteiger partial charge is 0.261 e. The van der Waals surface area contributed by atoms with Gasteiger partial charge in [-0.15, -0.1) is 0 Å². The predicted molar refractivity (Wildman–Crippen MR) is 264 cm³/mol. The van der Waals surface area contributed by atoms with Crippen LogP contribution >= 0.6 is 0 Å². The molecular formula is C56H45B2N3O2. The SMILES string of the molecule is CC(C)(C)c1cc2c3c(c1)N(c1ccccc1)c1cc4c5cc1B3c1c(cccc1Oc1cccc3c1B5c1c(cc(C(C)(C)C)cc1N3c1ccccc1)N4c1ccccc1)O2. The Morgan fingerprint density at radius 3 is 1.24 bits per heavy atom. The molecule has 0 atom stereocenters. The first-order valence-corrected chi connectivity index (χ1v) is 22.2. The molecule has 8 aromatic rings. The van der Waals surface area contributed by atoms with Crippen LogP contribution in [0.15, 0.2) is 164 Å². The van der Waals surface area contributed by atoms with E-state index in [2.05, 4.69) is 220 Å². The summed E-state index contributed by atoms with van der Waals surface area (Å²) in [5.74, 6) is 3.40. The van der Waals surface area contributed by atoms with Gasteiger partial charge in [0, 0.05) is 56.6 Å². The highest BCUT2D eigenvalue weighted by molar-refractivity contribution is 7.03. The van der Waals surface area contributed by atoms with Crippen LogP contribution in [0.2, 0.25) is 0 Å². The van der Waals surface area contributed by atoms with E-state index in [1.54, 1.807) is 0 Å². The Morgan fingerprint density at radius 1 is 0.333 bits per heavy atom. The maximum atomic E-state index is 7.48. The van der Waals surface area contributed by atoms with Crippen LogP contribution in [-0.4, -0.2) is 13.4 Å². The highest BCUT2D eigenvalue weighted by Crippen LogP contribution is 2.50. The monoisotopic (exact) mass is 813 g/mol. The molecule has 13 rings (SSSR count). The summed E-state index contributed by atoms with van der Waals surface area (Å²) in [5.41, 5.74) is 19.7. The summed E-state index contributed by atoms with van der Waals surface area (Å²) in [6.45, 7) is 13.6. The molecular weight excluding hydrogens is 768 g/mol. The van der Waals surface area contributed by atoms with Crippen LogP contribution < -0.4 is 57.0 Å². The Labute approximate surface area is 370 Å². The van der Waals surface area contributed by atoms with Gasteiger partial charge in [-0.25, -0.2) is 0 Å². The van der Waals surface area contributed by atoms with E-state index in [0.717, 1.165) is 68.0 Å². The molecule has 63 heavy (non-hydrogen) atoms. The molecule has 0 saturated carbocycles. The normalized spacial score (nSPS) is 14.6. The van der Waals surface area contributed by atoms with Crippen LogP contribution in [0.4, 0.5) is 51.2 Å². The maximum absolute atomic E-state index is 7.48. The van der Waals surface area contributed by atoms with E-state index < -0.39 is 0 Å². The molecule has 7 heteroatoms. The lowest BCUT2D eigenvalue weighted by Crippen LogP contribution is -2.65. The van der Waals surface area contributed by atoms with E-state index in [1.807, 2.05) is 0 Å². The summed E-state index contributed by atoms with van der Waals surface area (Å²) in [6, 6.07) is 60.4. The lowest BCUT2D eigenvalue weighted by molar-refractivity contribution is 0.466. The fourth-order valence-electron chi connectivity index (χ4n) is 11.0. The minimum Gasteiger partial charge on any atom is -0.458 e. The average Bonchev–Trinajstić information content (AvgIpc) is 3.28. The second kappa shape index (κ2) is 12.7. The van der Waals surface area contributed by atoms with Crippen molar-refractivity contribution < 1.29 is 9.47 Å². The number of hydrogen-bond donors (Lipinski definition) is 0. The van der Waals surface area contributed by atoms with E-state index in [0.29, 0.717) is 0 Å². The Balaban J connectivity index is 1.22. The number of benzene rings is 8. The van der Waals surface area contributed by atoms with Crippen LogP contribution in [-0.2, 0) is 10.8 Å². The molecule has 8 aromatic carbocycles. The van der Waals surface area contributed by atoms with Gasteiger partial charge in [0.05, 0.1) is 0 Å². The molecule has 0 aliphatic carbocycles. The number of anilines is 9. The minimum atomic E-state index is -0.146. The van der Waals surface area contributed by atoms with Crippen LogP contribution in [0, 0.1) is 0 Å². The Hall–Kier alpha value is -7.11. The molecule has 5 aliphatic heterocycles. The van der Waals surface area contributed by atoms with Crippen LogP contribution in [0.25, 0.3) is 0 Å². The van der Waals surface area contributed by atoms with Gasteiger partial charge in [0.2, 0.25) is 0 Å². The standard InChI is InChI=1S/C56H45B2N3O2/c1-55(2,3)34-28-44-51-45(29-34)60(37-20-12-8-13-21-37)42-33-43-40-32-39(42)57(51)52-41(59(44)36-18-10-7-11-19-36)24-16-25-47(52)62-48-26-17-27-49-54(48)58(40)53-46(61(43)38-22-14-9-15-23-38)30-35(56(4,5)6)31-50(53)63-49/h7-33H,1-6H3. The second-order valence-electron chi connectivity index (χ2n) is 19.7. The number of rotatable bonds is 3. The topological polar surface area (TPSA) is 28.2 Å². The van der Waals surface area contributed by atoms with Gasteiger partial charge in [-0.3, -0.25) is 0 Å². The molecule has 0 N–H and O–H groups in total. The largest absolute Gasteiger partial charge is 0.458 e. The Kier molecular flexibility index (Phi) is 7.38. The quantitative estimate of drug-likeness (QED) is 0.166. The molecule has 5 aliphatic rings. The van der Waals surface area contributed by atoms with Gasteiger partial charge < -0.3 is 24.2 Å². The summed E-state index contributed by atoms with van der Waals surface area (Å²) >= 11 is 0. The zero-order valence-corrected chi connectivity index (χ0v) is 36.4. The highest BCUT2D eigenvalue weighted by Gasteiger charge is 2.50. The van der Waals surface area contributed by atoms with Crippen LogP contribution in [0.5, 0.6) is 23.0 Å². The zero-order chi connectivity index (χ0) is 42.5. The van der Waals surface area contributed by atoms with E-state index in [4.69, 9.17) is 9.47 Å². The molecule has 0 aromatic heterocycles. The van der Waals surface area contributed by atoms with Crippen molar-refractivity contribution in [2.24, 2.45) is 0 Å². The summed E-state index contributed by atoms with van der Waals surface area (Å²) < 4.78 is 14.6. The van der Waals surface area contributed by atoms with Crippen molar-refractivity contribution >= 4 is 97.4 Å². The number of ether oxygens (including phenoxy) is 2. The molecule has 302 valence electrons. The maximum Gasteiger partial charge on any atom is 0.261 e. The average molecular weight is 814 g/mol. The molecule has 0 unspecified atom stereocenters. The predicted octanol–water partition coefficient (Wildman–Crippen LogP) is 10.9. The number of hydrogen-bond acceptors (Lipinski definition) is 5. The van der Waals surface area contributed by atoms with E-state index >= 15 is 0 Å². The van der Waals surface area contributed by atoms with Crippen molar-refractivity contribution in [2.75, 3.05) is 14.7 Å². The third kappa shape index (κ3) is 5.14. The van der Waals surface area contributed by atoms with Gasteiger partial charge >= 0.3 is 0 Å². The lowest BCUT2D eigenvalue weighted by atomic mass is 9.30. The van der Waals surface area contributed by atoms with Crippen molar-refractivity contribution in [2.45, 2.75) is 52.4 Å². The van der Waals surface area contributed by atoms with Crippen molar-refractivity contribution in [3.8, 4) is 23.0 Å². The molecule has 0 amide bonds. The molecule has 0 spiro atoms. The zero-order valence-electron chi connectivity index (χ0n) is 36.4. The number of para-hydroxylation sites is 3. The highest BCUT2D eigenvalue weighted by atomic mass is 16.5. The van der Waals surface area contributed by atoms with E-state index in [1.165, 1.54) is 50.0 Å². The van der Waals surface area contributed by atoms with Crippen molar-refractivity contribution in [3.05, 3.63) is 175 Å². The molecule has 0 fully saturated rings. The van der Waals surface area contributed by atoms with Crippen molar-refractivity contribution in [1.29, 1.82) is 0 Å². The van der Waals surface area contributed by atoms with Crippen LogP contribution in [0.1, 0.15) is 52.7 Å². The van der Waals surface area contributed by atoms with Crippen LogP contribution in [0.3, 0.4) is 0 Å². The summed E-state index contributed by atoms with van der Waals surface area (Å²) in [7, 11) is 0. The third-order valence-corrected chi connectivity index (χ3v) is 13.9. The molecule has 5 heterocycles. The van der Waals surface area contributed by atoms with Crippen molar-refractivity contribution in [3.63, 3.8) is 0 Å². The fourth-order valence-corrected chi connectivity index (χ4v) is 11.0. The summed E-state index contributed by atoms with van der Waals surface area (Å²) in [5, 5.41) is 0. The second-order valence-corrected chi connectivity index (χ2v) is 19.7. The fraction of sp³-hybridized carbons (Fsp3) is 0.143. The molecule has 0 radical (unpaired) electrons. The molecule has 2 bridgehead atoms. The third-order valence-electron chi connectivity index (χ3n) is 13.9. The van der Waals surface area contributed by atoms with Gasteiger partial charge in [0.1, 0.15) is 23.0 Å². The summed E-state index contributed by atoms with van der Waals surface area (Å²) in [4.78, 5) is 7.52. The van der Waals surface area contributed by atoms with Gasteiger partial charge in [-0.1, -0.05) is 114 Å². The van der Waals surface area contributed by atoms with Gasteiger partial charge in [-0.2, -0.15) is 0 Å². The first-order chi connectivity index (χ1) is 30.5. The summed E-state index contributed by atoms with van der Waals surface area (Å²) in [6.07, 6.45) is 0. The van der Waals surface area contributed by atoms with Gasteiger partial charge in [-0.05, 0) is 140 Å². The lowest BCUT2D eigenvalue weighted by Gasteiger charge is -2.47. The Morgan fingerprint density at radius 2 is 0.730 bits per heavy atom. The first-order valence-electron chi connectivity index (χ1n) is 22.2. The molecule has 0 saturated heterocycles. The van der Waals surface area contributed by atoms with Crippen molar-refractivity contribution in [1.82, 2.24) is 0 Å². The first kappa shape index (κ1) is 36.5. The minimum absolute atomic E-state index is 0.124. The Bertz CT molecular complexity index is 3230. The number of nitrogens with zero attached hydrogens (tertiary/aromatic N) is 3. The van der Waals surface area contributed by atoms with Gasteiger partial charge in [0.25, 0.3) is 13.4 Å². The van der Waals surface area contributed by atoms with E-state index in [-0.39, 0.29) is 24.3 Å². The molecule has 5 nitrogen and oxygen atoms in total. The van der Waals surface area contributed by atoms with Gasteiger partial charge in [0.15, 0.2) is 0 Å². The van der Waals surface area contributed by atoms with E-state index in [9.17, 15) is 0 Å².